The SMILES string of the molecule is COC(=O)C(O)Cn1ccnc1.Cl. The third kappa shape index (κ3) is 3.43. The highest BCUT2D eigenvalue weighted by Crippen LogP contribution is 1.93. The van der Waals surface area contributed by atoms with Gasteiger partial charge in [-0.3, -0.25) is 0 Å². The van der Waals surface area contributed by atoms with Gasteiger partial charge in [0.15, 0.2) is 6.10 Å². The lowest BCUT2D eigenvalue weighted by molar-refractivity contribution is -0.151. The van der Waals surface area contributed by atoms with Crippen LogP contribution >= 0.6 is 12.4 Å². The van der Waals surface area contributed by atoms with Gasteiger partial charge in [-0.1, -0.05) is 0 Å². The molecular formula is C7H11ClN2O3. The average molecular weight is 207 g/mol. The summed E-state index contributed by atoms with van der Waals surface area (Å²) in [5.74, 6) is -0.635. The molecule has 0 radical (unpaired) electrons. The number of carbonyl (C=O) groups is 1. The normalized spacial score (nSPS) is 11.5. The molecule has 0 amide bonds. The lowest BCUT2D eigenvalue weighted by Gasteiger charge is -2.07. The van der Waals surface area contributed by atoms with Crippen LogP contribution < -0.4 is 0 Å². The molecule has 5 nitrogen and oxygen atoms in total. The maximum Gasteiger partial charge on any atom is 0.336 e. The first kappa shape index (κ1) is 11.9. The second kappa shape index (κ2) is 5.55. The predicted molar refractivity (Wildman–Crippen MR) is 47.5 cm³/mol. The number of aliphatic hydroxyl groups is 1. The number of ether oxygens (including phenoxy) is 1. The minimum Gasteiger partial charge on any atom is -0.467 e. The van der Waals surface area contributed by atoms with Crippen LogP contribution in [0.1, 0.15) is 0 Å². The Morgan fingerprint density at radius 1 is 1.77 bits per heavy atom. The number of aliphatic hydroxyl groups excluding tert-OH is 1. The molecule has 1 N–H and O–H groups in total. The quantitative estimate of drug-likeness (QED) is 0.698. The van der Waals surface area contributed by atoms with Crippen molar-refractivity contribution in [3.05, 3.63) is 18.7 Å². The summed E-state index contributed by atoms with van der Waals surface area (Å²) in [6.45, 7) is 0.173. The van der Waals surface area contributed by atoms with Gasteiger partial charge in [0.25, 0.3) is 0 Å². The van der Waals surface area contributed by atoms with Crippen molar-refractivity contribution in [3.63, 3.8) is 0 Å². The molecular weight excluding hydrogens is 196 g/mol. The van der Waals surface area contributed by atoms with E-state index in [2.05, 4.69) is 9.72 Å². The van der Waals surface area contributed by atoms with Gasteiger partial charge >= 0.3 is 5.97 Å². The number of nitrogens with zero attached hydrogens (tertiary/aromatic N) is 2. The van der Waals surface area contributed by atoms with Gasteiger partial charge in [-0.2, -0.15) is 0 Å². The van der Waals surface area contributed by atoms with Crippen molar-refractivity contribution in [2.45, 2.75) is 12.6 Å². The van der Waals surface area contributed by atoms with Crippen LogP contribution in [0.15, 0.2) is 18.7 Å². The van der Waals surface area contributed by atoms with E-state index in [0.29, 0.717) is 0 Å². The minimum absolute atomic E-state index is 0. The van der Waals surface area contributed by atoms with Crippen LogP contribution in [0.2, 0.25) is 0 Å². The van der Waals surface area contributed by atoms with Gasteiger partial charge in [0.2, 0.25) is 0 Å². The third-order valence-electron chi connectivity index (χ3n) is 1.42. The largest absolute Gasteiger partial charge is 0.467 e. The number of carbonyl (C=O) groups excluding carboxylic acids is 1. The van der Waals surface area contributed by atoms with Crippen molar-refractivity contribution in [1.29, 1.82) is 0 Å². The monoisotopic (exact) mass is 206 g/mol. The molecule has 13 heavy (non-hydrogen) atoms. The number of rotatable bonds is 3. The Balaban J connectivity index is 0.00000144. The minimum atomic E-state index is -1.12. The van der Waals surface area contributed by atoms with Crippen molar-refractivity contribution in [2.24, 2.45) is 0 Å². The summed E-state index contributed by atoms with van der Waals surface area (Å²) in [4.78, 5) is 14.5. The van der Waals surface area contributed by atoms with E-state index in [1.165, 1.54) is 13.4 Å². The number of esters is 1. The summed E-state index contributed by atoms with van der Waals surface area (Å²) in [6, 6.07) is 0. The molecule has 0 aromatic carbocycles. The maximum atomic E-state index is 10.7. The molecule has 0 saturated carbocycles. The first-order chi connectivity index (χ1) is 5.74. The van der Waals surface area contributed by atoms with Crippen LogP contribution in [-0.2, 0) is 16.1 Å². The van der Waals surface area contributed by atoms with E-state index >= 15 is 0 Å². The van der Waals surface area contributed by atoms with Crippen molar-refractivity contribution >= 4 is 18.4 Å². The molecule has 0 aliphatic carbocycles. The molecule has 0 spiro atoms. The molecule has 6 heteroatoms. The summed E-state index contributed by atoms with van der Waals surface area (Å²) in [5, 5.41) is 9.17. The highest BCUT2D eigenvalue weighted by molar-refractivity contribution is 5.85. The summed E-state index contributed by atoms with van der Waals surface area (Å²) in [5.41, 5.74) is 0. The molecule has 1 rings (SSSR count). The van der Waals surface area contributed by atoms with Crippen LogP contribution in [0.3, 0.4) is 0 Å². The second-order valence-electron chi connectivity index (χ2n) is 2.30. The van der Waals surface area contributed by atoms with Crippen molar-refractivity contribution in [3.8, 4) is 0 Å². The Kier molecular flexibility index (Phi) is 5.10. The summed E-state index contributed by atoms with van der Waals surface area (Å²) < 4.78 is 5.94. The Hall–Kier alpha value is -1.07. The predicted octanol–water partition coefficient (Wildman–Crippen LogP) is -0.161. The number of aromatic nitrogens is 2. The van der Waals surface area contributed by atoms with E-state index in [9.17, 15) is 4.79 Å². The zero-order chi connectivity index (χ0) is 8.97. The molecule has 0 fully saturated rings. The smallest absolute Gasteiger partial charge is 0.336 e. The molecule has 0 aliphatic rings. The Morgan fingerprint density at radius 3 is 2.92 bits per heavy atom. The molecule has 1 atom stereocenters. The highest BCUT2D eigenvalue weighted by Gasteiger charge is 2.14. The number of hydrogen-bond acceptors (Lipinski definition) is 4. The molecule has 0 aliphatic heterocycles. The van der Waals surface area contributed by atoms with Gasteiger partial charge in [-0.05, 0) is 0 Å². The fourth-order valence-electron chi connectivity index (χ4n) is 0.805. The van der Waals surface area contributed by atoms with Gasteiger partial charge in [0.05, 0.1) is 20.0 Å². The first-order valence-corrected chi connectivity index (χ1v) is 3.45. The molecule has 1 unspecified atom stereocenters. The molecule has 1 aromatic rings. The van der Waals surface area contributed by atoms with Gasteiger partial charge in [-0.25, -0.2) is 9.78 Å². The van der Waals surface area contributed by atoms with E-state index in [0.717, 1.165) is 0 Å². The molecule has 1 heterocycles. The molecule has 1 aromatic heterocycles. The highest BCUT2D eigenvalue weighted by atomic mass is 35.5. The summed E-state index contributed by atoms with van der Waals surface area (Å²) in [7, 11) is 1.24. The summed E-state index contributed by atoms with van der Waals surface area (Å²) in [6.07, 6.45) is 3.63. The Morgan fingerprint density at radius 2 is 2.46 bits per heavy atom. The van der Waals surface area contributed by atoms with E-state index in [1.54, 1.807) is 17.0 Å². The van der Waals surface area contributed by atoms with Crippen molar-refractivity contribution in [1.82, 2.24) is 9.55 Å². The van der Waals surface area contributed by atoms with E-state index < -0.39 is 12.1 Å². The average Bonchev–Trinajstić information content (AvgIpc) is 2.55. The molecule has 74 valence electrons. The van der Waals surface area contributed by atoms with Crippen molar-refractivity contribution in [2.75, 3.05) is 7.11 Å². The second-order valence-corrected chi connectivity index (χ2v) is 2.30. The molecule has 0 bridgehead atoms. The van der Waals surface area contributed by atoms with Gasteiger partial charge < -0.3 is 14.4 Å². The van der Waals surface area contributed by atoms with Crippen LogP contribution in [0.25, 0.3) is 0 Å². The van der Waals surface area contributed by atoms with E-state index in [4.69, 9.17) is 5.11 Å². The van der Waals surface area contributed by atoms with Crippen LogP contribution in [0.4, 0.5) is 0 Å². The van der Waals surface area contributed by atoms with Crippen LogP contribution in [0.5, 0.6) is 0 Å². The van der Waals surface area contributed by atoms with Crippen molar-refractivity contribution < 1.29 is 14.6 Å². The van der Waals surface area contributed by atoms with Gasteiger partial charge in [-0.15, -0.1) is 12.4 Å². The molecule has 0 saturated heterocycles. The topological polar surface area (TPSA) is 64.3 Å². The zero-order valence-corrected chi connectivity index (χ0v) is 7.90. The Bertz CT molecular complexity index is 250. The third-order valence-corrected chi connectivity index (χ3v) is 1.42. The van der Waals surface area contributed by atoms with E-state index in [-0.39, 0.29) is 19.0 Å². The summed E-state index contributed by atoms with van der Waals surface area (Å²) >= 11 is 0. The zero-order valence-electron chi connectivity index (χ0n) is 7.08. The number of methoxy groups -OCH3 is 1. The van der Waals surface area contributed by atoms with Crippen LogP contribution in [-0.4, -0.2) is 33.8 Å². The first-order valence-electron chi connectivity index (χ1n) is 3.45. The lowest BCUT2D eigenvalue weighted by atomic mass is 10.3. The fraction of sp³-hybridized carbons (Fsp3) is 0.429. The number of halogens is 1. The Labute approximate surface area is 81.8 Å². The van der Waals surface area contributed by atoms with E-state index in [1.807, 2.05) is 0 Å². The number of imidazole rings is 1. The standard InChI is InChI=1S/C7H10N2O3.ClH/c1-12-7(11)6(10)4-9-3-2-8-5-9;/h2-3,5-6,10H,4H2,1H3;1H. The fourth-order valence-corrected chi connectivity index (χ4v) is 0.805. The van der Waals surface area contributed by atoms with Gasteiger partial charge in [0, 0.05) is 12.4 Å². The van der Waals surface area contributed by atoms with Crippen LogP contribution in [0, 0.1) is 0 Å². The lowest BCUT2D eigenvalue weighted by Crippen LogP contribution is -2.26. The number of hydrogen-bond donors (Lipinski definition) is 1. The maximum absolute atomic E-state index is 10.7. The van der Waals surface area contributed by atoms with Gasteiger partial charge in [0.1, 0.15) is 0 Å².